The molecule has 0 radical (unpaired) electrons. The molecule has 2 aliphatic rings. The minimum absolute atomic E-state index is 0.0740. The number of allylic oxidation sites excluding steroid dienone is 2. The third kappa shape index (κ3) is 5.52. The van der Waals surface area contributed by atoms with E-state index < -0.39 is 28.9 Å². The number of amides is 3. The average Bonchev–Trinajstić information content (AvgIpc) is 3.42. The zero-order valence-corrected chi connectivity index (χ0v) is 25.2. The van der Waals surface area contributed by atoms with E-state index in [-0.39, 0.29) is 49.3 Å². The number of ether oxygens (including phenoxy) is 3. The van der Waals surface area contributed by atoms with Crippen molar-refractivity contribution < 1.29 is 28.6 Å². The number of rotatable bonds is 2. The number of nitrogen functional groups attached to an aromatic ring is 2. The predicted octanol–water partition coefficient (Wildman–Crippen LogP) is 2.01. The molecule has 2 aliphatic heterocycles. The molecule has 0 saturated carbocycles. The van der Waals surface area contributed by atoms with Crippen molar-refractivity contribution in [1.82, 2.24) is 24.0 Å². The van der Waals surface area contributed by atoms with E-state index >= 15 is 0 Å². The Labute approximate surface area is 257 Å². The van der Waals surface area contributed by atoms with Crippen molar-refractivity contribution in [1.29, 1.82) is 0 Å². The van der Waals surface area contributed by atoms with Gasteiger partial charge in [0.15, 0.2) is 0 Å². The van der Waals surface area contributed by atoms with Gasteiger partial charge in [0.25, 0.3) is 0 Å². The Kier molecular flexibility index (Phi) is 6.98. The van der Waals surface area contributed by atoms with Gasteiger partial charge in [0.05, 0.1) is 16.4 Å². The van der Waals surface area contributed by atoms with Crippen molar-refractivity contribution >= 4 is 51.9 Å². The second-order valence-electron chi connectivity index (χ2n) is 12.5. The molecule has 0 atom stereocenters. The molecule has 1 saturated heterocycles. The third-order valence-corrected chi connectivity index (χ3v) is 7.76. The number of hydrogen-bond donors (Lipinski definition) is 4. The van der Waals surface area contributed by atoms with Crippen LogP contribution in [0.15, 0.2) is 36.4 Å². The molecule has 15 heteroatoms. The summed E-state index contributed by atoms with van der Waals surface area (Å²) in [6.07, 6.45) is 3.31. The molecule has 2 aromatic carbocycles. The normalized spacial score (nSPS) is 17.1. The van der Waals surface area contributed by atoms with Gasteiger partial charge in [0, 0.05) is 37.3 Å². The number of hydrogen-bond acceptors (Lipinski definition) is 10. The van der Waals surface area contributed by atoms with Gasteiger partial charge in [0.1, 0.15) is 41.3 Å². The van der Waals surface area contributed by atoms with Crippen molar-refractivity contribution in [2.75, 3.05) is 37.8 Å². The smallest absolute Gasteiger partial charge is 0.410 e. The molecule has 15 nitrogen and oxygen atoms in total. The van der Waals surface area contributed by atoms with Crippen molar-refractivity contribution in [3.63, 3.8) is 0 Å². The van der Waals surface area contributed by atoms with E-state index in [0.29, 0.717) is 46.7 Å². The number of anilines is 2. The highest BCUT2D eigenvalue weighted by molar-refractivity contribution is 5.99. The van der Waals surface area contributed by atoms with Crippen LogP contribution in [0.2, 0.25) is 0 Å². The van der Waals surface area contributed by atoms with Crippen LogP contribution in [0.5, 0.6) is 11.5 Å². The lowest BCUT2D eigenvalue weighted by atomic mass is 9.81. The van der Waals surface area contributed by atoms with E-state index in [9.17, 15) is 14.4 Å². The van der Waals surface area contributed by atoms with Gasteiger partial charge in [-0.2, -0.15) is 0 Å². The van der Waals surface area contributed by atoms with Crippen molar-refractivity contribution in [3.05, 3.63) is 47.5 Å². The Morgan fingerprint density at radius 2 is 1.24 bits per heavy atom. The first-order valence-corrected chi connectivity index (χ1v) is 14.3. The number of carbonyl (C=O) groups is 3. The molecule has 1 fully saturated rings. The van der Waals surface area contributed by atoms with Gasteiger partial charge in [0.2, 0.25) is 23.7 Å². The van der Waals surface area contributed by atoms with Gasteiger partial charge in [-0.1, -0.05) is 12.2 Å². The van der Waals surface area contributed by atoms with E-state index in [1.165, 1.54) is 0 Å². The van der Waals surface area contributed by atoms with Crippen LogP contribution in [0.3, 0.4) is 0 Å². The van der Waals surface area contributed by atoms with E-state index in [1.54, 1.807) is 59.1 Å². The van der Waals surface area contributed by atoms with E-state index in [2.05, 4.69) is 9.97 Å². The van der Waals surface area contributed by atoms with Crippen LogP contribution in [-0.2, 0) is 17.8 Å². The van der Waals surface area contributed by atoms with Crippen LogP contribution in [0.1, 0.15) is 41.5 Å². The largest absolute Gasteiger partial charge is 0.490 e. The fourth-order valence-corrected chi connectivity index (χ4v) is 5.63. The quantitative estimate of drug-likeness (QED) is 0.240. The van der Waals surface area contributed by atoms with E-state index in [0.717, 1.165) is 0 Å². The average molecular weight is 618 g/mol. The topological polar surface area (TPSA) is 222 Å². The lowest BCUT2D eigenvalue weighted by molar-refractivity contribution is -0.0692. The zero-order valence-electron chi connectivity index (χ0n) is 25.2. The van der Waals surface area contributed by atoms with Crippen LogP contribution in [-0.4, -0.2) is 73.8 Å². The minimum Gasteiger partial charge on any atom is -0.490 e. The molecule has 6 rings (SSSR count). The number of imidazole rings is 2. The predicted molar refractivity (Wildman–Crippen MR) is 166 cm³/mol. The summed E-state index contributed by atoms with van der Waals surface area (Å²) in [5, 5.41) is 0. The first-order valence-electron chi connectivity index (χ1n) is 14.3. The summed E-state index contributed by atoms with van der Waals surface area (Å²) in [5.74, 6) is -0.160. The lowest BCUT2D eigenvalue weighted by Crippen LogP contribution is -2.64. The number of likely N-dealkylation sites (tertiary alicyclic amines) is 1. The van der Waals surface area contributed by atoms with E-state index in [1.807, 2.05) is 12.2 Å². The lowest BCUT2D eigenvalue weighted by Gasteiger charge is -2.49. The summed E-state index contributed by atoms with van der Waals surface area (Å²) in [6, 6.07) is 6.25. The van der Waals surface area contributed by atoms with Gasteiger partial charge in [-0.05, 0) is 45.0 Å². The number of nitrogens with two attached hydrogens (primary N) is 4. The molecule has 236 valence electrons. The van der Waals surface area contributed by atoms with E-state index in [4.69, 9.17) is 37.1 Å². The summed E-state index contributed by atoms with van der Waals surface area (Å²) in [4.78, 5) is 47.7. The SMILES string of the molecule is CC(C)(C)OC(=O)N1CC2(COc3cc(C(N)=O)cc4nc(N)n(c34)C/C=C\Cn3c(N)nc4cc(C(N)=O)cc(c43)OC2)C1. The van der Waals surface area contributed by atoms with Crippen LogP contribution in [0.4, 0.5) is 16.7 Å². The maximum Gasteiger partial charge on any atom is 0.410 e. The maximum atomic E-state index is 12.9. The molecule has 45 heavy (non-hydrogen) atoms. The van der Waals surface area contributed by atoms with Gasteiger partial charge < -0.3 is 51.2 Å². The fourth-order valence-electron chi connectivity index (χ4n) is 5.63. The minimum atomic E-state index is -0.730. The molecule has 0 unspecified atom stereocenters. The van der Waals surface area contributed by atoms with Crippen LogP contribution < -0.4 is 32.4 Å². The monoisotopic (exact) mass is 617 g/mol. The Balaban J connectivity index is 1.45. The standard InChI is InChI=1S/C30H35N9O6/c1-29(2,3)45-28(42)37-12-30(13-37)14-43-20-10-16(24(31)40)8-18-22(20)38(26(33)35-18)6-4-5-7-39-23-19(36-27(39)34)9-17(25(32)41)11-21(23)44-15-30/h4-5,8-11H,6-7,12-15H2,1-3H3,(H2,31,40)(H2,32,41)(H2,33,35)(H2,34,36)/b5-4-. The molecule has 4 heterocycles. The first kappa shape index (κ1) is 29.6. The summed E-state index contributed by atoms with van der Waals surface area (Å²) in [7, 11) is 0. The summed E-state index contributed by atoms with van der Waals surface area (Å²) in [6.45, 7) is 6.67. The van der Waals surface area contributed by atoms with Gasteiger partial charge in [-0.3, -0.25) is 9.59 Å². The highest BCUT2D eigenvalue weighted by Gasteiger charge is 2.48. The molecule has 8 N–H and O–H groups in total. The van der Waals surface area contributed by atoms with Crippen LogP contribution in [0, 0.1) is 5.41 Å². The number of primary amides is 2. The van der Waals surface area contributed by atoms with Crippen molar-refractivity contribution in [3.8, 4) is 11.5 Å². The Morgan fingerprint density at radius 3 is 1.64 bits per heavy atom. The van der Waals surface area contributed by atoms with Crippen molar-refractivity contribution in [2.45, 2.75) is 39.5 Å². The summed E-state index contributed by atoms with van der Waals surface area (Å²) < 4.78 is 21.9. The number of aromatic nitrogens is 4. The second-order valence-corrected chi connectivity index (χ2v) is 12.5. The molecule has 0 bridgehead atoms. The fraction of sp³-hybridized carbons (Fsp3) is 0.367. The van der Waals surface area contributed by atoms with Gasteiger partial charge in [-0.15, -0.1) is 0 Å². The molecular weight excluding hydrogens is 582 g/mol. The highest BCUT2D eigenvalue weighted by Crippen LogP contribution is 2.38. The zero-order chi connectivity index (χ0) is 32.3. The molecule has 4 aromatic rings. The molecule has 0 aliphatic carbocycles. The van der Waals surface area contributed by atoms with Gasteiger partial charge in [-0.25, -0.2) is 14.8 Å². The van der Waals surface area contributed by atoms with Crippen LogP contribution >= 0.6 is 0 Å². The third-order valence-electron chi connectivity index (χ3n) is 7.76. The first-order chi connectivity index (χ1) is 21.2. The Morgan fingerprint density at radius 1 is 0.800 bits per heavy atom. The number of carbonyl (C=O) groups excluding carboxylic acids is 3. The number of nitrogens with zero attached hydrogens (tertiary/aromatic N) is 5. The second kappa shape index (κ2) is 10.6. The number of benzene rings is 2. The van der Waals surface area contributed by atoms with Crippen molar-refractivity contribution in [2.24, 2.45) is 16.9 Å². The summed E-state index contributed by atoms with van der Waals surface area (Å²) in [5.41, 5.74) is 24.9. The summed E-state index contributed by atoms with van der Waals surface area (Å²) >= 11 is 0. The maximum absolute atomic E-state index is 12.9. The van der Waals surface area contributed by atoms with Gasteiger partial charge >= 0.3 is 6.09 Å². The molecular formula is C30H35N9O6. The highest BCUT2D eigenvalue weighted by atomic mass is 16.6. The molecule has 1 spiro atoms. The molecule has 3 amide bonds. The molecule has 2 aromatic heterocycles. The van der Waals surface area contributed by atoms with Crippen LogP contribution in [0.25, 0.3) is 22.1 Å². The Bertz CT molecular complexity index is 1780. The Hall–Kier alpha value is -5.47.